The average Bonchev–Trinajstić information content (AvgIpc) is 3.04. The summed E-state index contributed by atoms with van der Waals surface area (Å²) in [5.74, 6) is -0.297. The first-order chi connectivity index (χ1) is 12.0. The van der Waals surface area contributed by atoms with E-state index < -0.39 is 0 Å². The summed E-state index contributed by atoms with van der Waals surface area (Å²) < 4.78 is 18.3. The van der Waals surface area contributed by atoms with E-state index >= 15 is 0 Å². The number of nitrogens with zero attached hydrogens (tertiary/aromatic N) is 3. The van der Waals surface area contributed by atoms with Gasteiger partial charge < -0.3 is 9.32 Å². The van der Waals surface area contributed by atoms with Crippen molar-refractivity contribution in [2.45, 2.75) is 6.42 Å². The molecule has 0 saturated carbocycles. The lowest BCUT2D eigenvalue weighted by molar-refractivity contribution is 0.102. The zero-order valence-electron chi connectivity index (χ0n) is 13.9. The lowest BCUT2D eigenvalue weighted by Gasteiger charge is -2.12. The topological polar surface area (TPSA) is 71.3 Å². The van der Waals surface area contributed by atoms with E-state index in [9.17, 15) is 9.18 Å². The zero-order chi connectivity index (χ0) is 17.8. The highest BCUT2D eigenvalue weighted by molar-refractivity contribution is 6.03. The Kier molecular flexibility index (Phi) is 4.74. The van der Waals surface area contributed by atoms with Crippen LogP contribution in [0, 0.1) is 5.82 Å². The molecule has 1 N–H and O–H groups in total. The van der Waals surface area contributed by atoms with Gasteiger partial charge in [0.05, 0.1) is 6.42 Å². The summed E-state index contributed by atoms with van der Waals surface area (Å²) in [4.78, 5) is 14.2. The summed E-state index contributed by atoms with van der Waals surface area (Å²) in [5.41, 5.74) is 2.32. The van der Waals surface area contributed by atoms with Crippen molar-refractivity contribution in [3.05, 3.63) is 71.4 Å². The van der Waals surface area contributed by atoms with E-state index in [0.717, 1.165) is 11.3 Å². The maximum atomic E-state index is 12.9. The molecule has 0 aliphatic heterocycles. The molecule has 128 valence electrons. The summed E-state index contributed by atoms with van der Waals surface area (Å²) >= 11 is 0. The molecule has 3 rings (SSSR count). The maximum absolute atomic E-state index is 12.9. The quantitative estimate of drug-likeness (QED) is 0.773. The predicted octanol–water partition coefficient (Wildman–Crippen LogP) is 3.12. The molecule has 1 amide bonds. The van der Waals surface area contributed by atoms with E-state index in [1.807, 2.05) is 31.1 Å². The Balaban J connectivity index is 1.64. The second-order valence-corrected chi connectivity index (χ2v) is 5.70. The lowest BCUT2D eigenvalue weighted by Crippen LogP contribution is -2.13. The van der Waals surface area contributed by atoms with Crippen molar-refractivity contribution in [3.8, 4) is 0 Å². The lowest BCUT2D eigenvalue weighted by atomic mass is 10.1. The SMILES string of the molecule is CN(C)c1ccc(C(=O)Nc2nnc(Cc3ccc(F)cc3)o2)cc1. The van der Waals surface area contributed by atoms with E-state index in [2.05, 4.69) is 15.5 Å². The minimum Gasteiger partial charge on any atom is -0.407 e. The minimum absolute atomic E-state index is 0.0267. The summed E-state index contributed by atoms with van der Waals surface area (Å²) in [5, 5.41) is 10.3. The molecule has 2 aromatic carbocycles. The number of rotatable bonds is 5. The van der Waals surface area contributed by atoms with Crippen LogP contribution in [0.25, 0.3) is 0 Å². The molecule has 7 heteroatoms. The van der Waals surface area contributed by atoms with Crippen molar-refractivity contribution in [2.24, 2.45) is 0 Å². The average molecular weight is 340 g/mol. The third kappa shape index (κ3) is 4.20. The number of amides is 1. The number of hydrogen-bond donors (Lipinski definition) is 1. The predicted molar refractivity (Wildman–Crippen MR) is 92.2 cm³/mol. The van der Waals surface area contributed by atoms with Gasteiger partial charge in [0.2, 0.25) is 5.89 Å². The summed E-state index contributed by atoms with van der Waals surface area (Å²) in [6, 6.07) is 13.2. The van der Waals surface area contributed by atoms with Crippen molar-refractivity contribution >= 4 is 17.6 Å². The molecule has 0 bridgehead atoms. The van der Waals surface area contributed by atoms with Gasteiger partial charge in [-0.3, -0.25) is 10.1 Å². The Bertz CT molecular complexity index is 858. The van der Waals surface area contributed by atoms with Gasteiger partial charge >= 0.3 is 6.01 Å². The molecule has 0 aliphatic carbocycles. The molecule has 0 saturated heterocycles. The third-order valence-corrected chi connectivity index (χ3v) is 3.60. The highest BCUT2D eigenvalue weighted by Gasteiger charge is 2.12. The fourth-order valence-electron chi connectivity index (χ4n) is 2.23. The van der Waals surface area contributed by atoms with E-state index in [1.54, 1.807) is 24.3 Å². The number of aromatic nitrogens is 2. The number of anilines is 2. The van der Waals surface area contributed by atoms with Gasteiger partial charge in [-0.25, -0.2) is 4.39 Å². The molecule has 1 heterocycles. The van der Waals surface area contributed by atoms with E-state index in [0.29, 0.717) is 17.9 Å². The summed E-state index contributed by atoms with van der Waals surface area (Å²) in [6.07, 6.45) is 0.362. The summed E-state index contributed by atoms with van der Waals surface area (Å²) in [6.45, 7) is 0. The first kappa shape index (κ1) is 16.6. The number of carbonyl (C=O) groups is 1. The van der Waals surface area contributed by atoms with E-state index in [1.165, 1.54) is 12.1 Å². The molecule has 25 heavy (non-hydrogen) atoms. The second kappa shape index (κ2) is 7.12. The fourth-order valence-corrected chi connectivity index (χ4v) is 2.23. The molecule has 6 nitrogen and oxygen atoms in total. The Labute approximate surface area is 144 Å². The number of halogens is 1. The van der Waals surface area contributed by atoms with Crippen molar-refractivity contribution in [3.63, 3.8) is 0 Å². The van der Waals surface area contributed by atoms with Crippen LogP contribution in [0.15, 0.2) is 52.9 Å². The van der Waals surface area contributed by atoms with Gasteiger partial charge in [-0.05, 0) is 42.0 Å². The van der Waals surface area contributed by atoms with Crippen LogP contribution in [-0.2, 0) is 6.42 Å². The molecule has 0 aliphatic rings. The first-order valence-electron chi connectivity index (χ1n) is 7.67. The monoisotopic (exact) mass is 340 g/mol. The zero-order valence-corrected chi connectivity index (χ0v) is 13.9. The number of nitrogens with one attached hydrogen (secondary N) is 1. The van der Waals surface area contributed by atoms with Crippen molar-refractivity contribution in [2.75, 3.05) is 24.3 Å². The second-order valence-electron chi connectivity index (χ2n) is 5.70. The molecule has 3 aromatic rings. The Morgan fingerprint density at radius 1 is 1.08 bits per heavy atom. The van der Waals surface area contributed by atoms with Crippen molar-refractivity contribution in [1.29, 1.82) is 0 Å². The van der Waals surface area contributed by atoms with Crippen LogP contribution in [0.1, 0.15) is 21.8 Å². The van der Waals surface area contributed by atoms with Gasteiger partial charge in [-0.2, -0.15) is 0 Å². The number of benzene rings is 2. The van der Waals surface area contributed by atoms with Gasteiger partial charge in [0.1, 0.15) is 5.82 Å². The van der Waals surface area contributed by atoms with Gasteiger partial charge in [-0.1, -0.05) is 17.2 Å². The molecule has 0 spiro atoms. The van der Waals surface area contributed by atoms with Crippen LogP contribution >= 0.6 is 0 Å². The molecule has 0 atom stereocenters. The standard InChI is InChI=1S/C18H17FN4O2/c1-23(2)15-9-5-13(6-10-15)17(24)20-18-22-21-16(25-18)11-12-3-7-14(19)8-4-12/h3-10H,11H2,1-2H3,(H,20,22,24). The van der Waals surface area contributed by atoms with Crippen LogP contribution < -0.4 is 10.2 Å². The van der Waals surface area contributed by atoms with Gasteiger partial charge in [0.15, 0.2) is 0 Å². The van der Waals surface area contributed by atoms with E-state index in [-0.39, 0.29) is 17.7 Å². The first-order valence-corrected chi connectivity index (χ1v) is 7.67. The maximum Gasteiger partial charge on any atom is 0.322 e. The Hall–Kier alpha value is -3.22. The highest BCUT2D eigenvalue weighted by Crippen LogP contribution is 2.15. The van der Waals surface area contributed by atoms with Gasteiger partial charge in [0.25, 0.3) is 5.91 Å². The molecule has 0 unspecified atom stereocenters. The number of carbonyl (C=O) groups excluding carboxylic acids is 1. The van der Waals surface area contributed by atoms with Crippen LogP contribution in [0.5, 0.6) is 0 Å². The Morgan fingerprint density at radius 3 is 2.40 bits per heavy atom. The number of hydrogen-bond acceptors (Lipinski definition) is 5. The molecule has 0 fully saturated rings. The molecule has 0 radical (unpaired) electrons. The fraction of sp³-hybridized carbons (Fsp3) is 0.167. The largest absolute Gasteiger partial charge is 0.407 e. The van der Waals surface area contributed by atoms with Crippen LogP contribution in [0.2, 0.25) is 0 Å². The highest BCUT2D eigenvalue weighted by atomic mass is 19.1. The van der Waals surface area contributed by atoms with Crippen LogP contribution in [0.3, 0.4) is 0 Å². The molecular weight excluding hydrogens is 323 g/mol. The smallest absolute Gasteiger partial charge is 0.322 e. The summed E-state index contributed by atoms with van der Waals surface area (Å²) in [7, 11) is 3.85. The van der Waals surface area contributed by atoms with Crippen molar-refractivity contribution in [1.82, 2.24) is 10.2 Å². The van der Waals surface area contributed by atoms with Gasteiger partial charge in [0, 0.05) is 25.3 Å². The third-order valence-electron chi connectivity index (χ3n) is 3.60. The van der Waals surface area contributed by atoms with E-state index in [4.69, 9.17) is 4.42 Å². The van der Waals surface area contributed by atoms with Crippen LogP contribution in [0.4, 0.5) is 16.1 Å². The van der Waals surface area contributed by atoms with Crippen LogP contribution in [-0.4, -0.2) is 30.2 Å². The minimum atomic E-state index is -0.331. The molecular formula is C18H17FN4O2. The Morgan fingerprint density at radius 2 is 1.76 bits per heavy atom. The normalized spacial score (nSPS) is 10.5. The van der Waals surface area contributed by atoms with Gasteiger partial charge in [-0.15, -0.1) is 5.10 Å². The molecule has 1 aromatic heterocycles. The van der Waals surface area contributed by atoms with Crippen molar-refractivity contribution < 1.29 is 13.6 Å².